The molecule has 0 aliphatic carbocycles. The topological polar surface area (TPSA) is 86.1 Å². The molecule has 170 valence electrons. The van der Waals surface area contributed by atoms with Gasteiger partial charge in [-0.15, -0.1) is 10.2 Å². The van der Waals surface area contributed by atoms with Crippen LogP contribution in [0.4, 0.5) is 5.69 Å². The normalized spacial score (nSPS) is 19.5. The van der Waals surface area contributed by atoms with Gasteiger partial charge in [-0.05, 0) is 67.8 Å². The fourth-order valence-electron chi connectivity index (χ4n) is 4.17. The smallest absolute Gasteiger partial charge is 0.231 e. The first kappa shape index (κ1) is 22.1. The van der Waals surface area contributed by atoms with Gasteiger partial charge in [0.05, 0.1) is 24.3 Å². The van der Waals surface area contributed by atoms with Gasteiger partial charge in [-0.3, -0.25) is 14.2 Å². The number of rotatable bonds is 7. The molecule has 0 bridgehead atoms. The summed E-state index contributed by atoms with van der Waals surface area (Å²) in [5, 5.41) is 13.0. The van der Waals surface area contributed by atoms with Crippen molar-refractivity contribution in [2.75, 3.05) is 17.7 Å². The standard InChI is InChI=1S/C24H23ClN4O3S/c1-14-19-11-16(6-9-20(19)26-23(14)31)21(30)13-33-24-28-27-22(15-4-7-17(25)8-5-15)29(24)12-18-3-2-10-32-18/h4-9,11,14,18H,2-3,10,12-13H2,1H3,(H,26,31)/t14-,18-/m0/s1. The molecule has 0 saturated carbocycles. The number of nitrogens with one attached hydrogen (secondary N) is 1. The number of thioether (sulfide) groups is 1. The minimum Gasteiger partial charge on any atom is -0.376 e. The molecule has 0 radical (unpaired) electrons. The van der Waals surface area contributed by atoms with Gasteiger partial charge >= 0.3 is 0 Å². The van der Waals surface area contributed by atoms with Gasteiger partial charge in [0.2, 0.25) is 5.91 Å². The predicted octanol–water partition coefficient (Wildman–Crippen LogP) is 4.81. The van der Waals surface area contributed by atoms with E-state index in [1.165, 1.54) is 11.8 Å². The van der Waals surface area contributed by atoms with Crippen LogP contribution in [-0.4, -0.2) is 44.9 Å². The molecule has 1 N–H and O–H groups in total. The zero-order chi connectivity index (χ0) is 22.9. The summed E-state index contributed by atoms with van der Waals surface area (Å²) in [6, 6.07) is 12.9. The van der Waals surface area contributed by atoms with Crippen molar-refractivity contribution >= 4 is 40.7 Å². The number of halogens is 1. The van der Waals surface area contributed by atoms with Crippen LogP contribution in [0.25, 0.3) is 11.4 Å². The molecule has 2 aromatic carbocycles. The molecule has 0 spiro atoms. The van der Waals surface area contributed by atoms with E-state index in [1.807, 2.05) is 41.8 Å². The first-order valence-corrected chi connectivity index (χ1v) is 12.3. The number of fused-ring (bicyclic) bond motifs is 1. The molecule has 1 amide bonds. The summed E-state index contributed by atoms with van der Waals surface area (Å²) >= 11 is 7.41. The van der Waals surface area contributed by atoms with Crippen LogP contribution in [-0.2, 0) is 16.1 Å². The van der Waals surface area contributed by atoms with E-state index >= 15 is 0 Å². The molecule has 1 aromatic heterocycles. The van der Waals surface area contributed by atoms with Crippen molar-refractivity contribution in [2.45, 2.75) is 43.5 Å². The zero-order valence-electron chi connectivity index (χ0n) is 18.1. The van der Waals surface area contributed by atoms with E-state index in [0.29, 0.717) is 22.3 Å². The number of ether oxygens (including phenoxy) is 1. The van der Waals surface area contributed by atoms with Crippen LogP contribution in [0, 0.1) is 0 Å². The Morgan fingerprint density at radius 3 is 2.82 bits per heavy atom. The third-order valence-corrected chi connectivity index (χ3v) is 7.27. The molecule has 33 heavy (non-hydrogen) atoms. The molecule has 5 rings (SSSR count). The first-order chi connectivity index (χ1) is 16.0. The van der Waals surface area contributed by atoms with Crippen molar-refractivity contribution < 1.29 is 14.3 Å². The maximum absolute atomic E-state index is 13.0. The van der Waals surface area contributed by atoms with Crippen LogP contribution < -0.4 is 5.32 Å². The summed E-state index contributed by atoms with van der Waals surface area (Å²) in [5.41, 5.74) is 3.14. The second kappa shape index (κ2) is 9.29. The molecule has 2 aliphatic heterocycles. The fourth-order valence-corrected chi connectivity index (χ4v) is 5.14. The molecule has 2 aliphatic rings. The van der Waals surface area contributed by atoms with Gasteiger partial charge in [-0.2, -0.15) is 0 Å². The summed E-state index contributed by atoms with van der Waals surface area (Å²) in [6.45, 7) is 3.24. The maximum atomic E-state index is 13.0. The Labute approximate surface area is 200 Å². The summed E-state index contributed by atoms with van der Waals surface area (Å²) in [6.07, 6.45) is 2.13. The molecule has 7 nitrogen and oxygen atoms in total. The number of hydrogen-bond donors (Lipinski definition) is 1. The minimum atomic E-state index is -0.253. The van der Waals surface area contributed by atoms with Gasteiger partial charge in [0, 0.05) is 28.4 Å². The third-order valence-electron chi connectivity index (χ3n) is 6.05. The molecular weight excluding hydrogens is 460 g/mol. The molecule has 3 aromatic rings. The van der Waals surface area contributed by atoms with Crippen molar-refractivity contribution in [1.82, 2.24) is 14.8 Å². The Balaban J connectivity index is 1.36. The number of carbonyl (C=O) groups is 2. The number of nitrogens with zero attached hydrogens (tertiary/aromatic N) is 3. The Morgan fingerprint density at radius 1 is 1.24 bits per heavy atom. The number of hydrogen-bond acceptors (Lipinski definition) is 6. The molecule has 1 fully saturated rings. The fraction of sp³-hybridized carbons (Fsp3) is 0.333. The molecule has 9 heteroatoms. The zero-order valence-corrected chi connectivity index (χ0v) is 19.7. The summed E-state index contributed by atoms with van der Waals surface area (Å²) in [4.78, 5) is 24.9. The van der Waals surface area contributed by atoms with Crippen molar-refractivity contribution in [1.29, 1.82) is 0 Å². The van der Waals surface area contributed by atoms with Crippen molar-refractivity contribution in [3.05, 3.63) is 58.6 Å². The van der Waals surface area contributed by atoms with Crippen LogP contribution in [0.15, 0.2) is 47.6 Å². The van der Waals surface area contributed by atoms with Crippen molar-refractivity contribution in [2.24, 2.45) is 0 Å². The summed E-state index contributed by atoms with van der Waals surface area (Å²) in [5.74, 6) is 0.638. The van der Waals surface area contributed by atoms with Gasteiger partial charge in [-0.25, -0.2) is 0 Å². The number of amides is 1. The van der Waals surface area contributed by atoms with Crippen LogP contribution in [0.2, 0.25) is 5.02 Å². The third kappa shape index (κ3) is 4.55. The van der Waals surface area contributed by atoms with Gasteiger partial charge in [0.15, 0.2) is 16.8 Å². The summed E-state index contributed by atoms with van der Waals surface area (Å²) in [7, 11) is 0. The van der Waals surface area contributed by atoms with E-state index < -0.39 is 0 Å². The minimum absolute atomic E-state index is 0.0194. The number of benzene rings is 2. The highest BCUT2D eigenvalue weighted by Crippen LogP contribution is 2.33. The number of carbonyl (C=O) groups excluding carboxylic acids is 2. The highest BCUT2D eigenvalue weighted by molar-refractivity contribution is 7.99. The van der Waals surface area contributed by atoms with E-state index in [-0.39, 0.29) is 29.5 Å². The Kier molecular flexibility index (Phi) is 6.23. The number of ketones is 1. The van der Waals surface area contributed by atoms with Crippen LogP contribution in [0.1, 0.15) is 41.6 Å². The second-order valence-electron chi connectivity index (χ2n) is 8.28. The van der Waals surface area contributed by atoms with Gasteiger partial charge in [0.1, 0.15) is 0 Å². The average molecular weight is 483 g/mol. The number of aromatic nitrogens is 3. The summed E-state index contributed by atoms with van der Waals surface area (Å²) < 4.78 is 7.87. The molecular formula is C24H23ClN4O3S. The van der Waals surface area contributed by atoms with Crippen LogP contribution in [0.3, 0.4) is 0 Å². The van der Waals surface area contributed by atoms with E-state index in [9.17, 15) is 9.59 Å². The Hall–Kier alpha value is -2.68. The maximum Gasteiger partial charge on any atom is 0.231 e. The number of anilines is 1. The highest BCUT2D eigenvalue weighted by atomic mass is 35.5. The molecule has 1 saturated heterocycles. The van der Waals surface area contributed by atoms with Crippen LogP contribution >= 0.6 is 23.4 Å². The lowest BCUT2D eigenvalue weighted by molar-refractivity contribution is -0.116. The van der Waals surface area contributed by atoms with Crippen molar-refractivity contribution in [3.63, 3.8) is 0 Å². The van der Waals surface area contributed by atoms with E-state index in [4.69, 9.17) is 16.3 Å². The Morgan fingerprint density at radius 2 is 2.06 bits per heavy atom. The lowest BCUT2D eigenvalue weighted by atomic mass is 9.99. The van der Waals surface area contributed by atoms with Crippen molar-refractivity contribution in [3.8, 4) is 11.4 Å². The highest BCUT2D eigenvalue weighted by Gasteiger charge is 2.27. The van der Waals surface area contributed by atoms with Gasteiger partial charge in [-0.1, -0.05) is 23.4 Å². The monoisotopic (exact) mass is 482 g/mol. The number of Topliss-reactive ketones (excluding diaryl/α,β-unsaturated/α-hetero) is 1. The van der Waals surface area contributed by atoms with Gasteiger partial charge in [0.25, 0.3) is 0 Å². The lowest BCUT2D eigenvalue weighted by Crippen LogP contribution is -2.17. The average Bonchev–Trinajstić information content (AvgIpc) is 3.54. The Bertz CT molecular complexity index is 1200. The van der Waals surface area contributed by atoms with Gasteiger partial charge < -0.3 is 10.1 Å². The second-order valence-corrected chi connectivity index (χ2v) is 9.66. The largest absolute Gasteiger partial charge is 0.376 e. The quantitative estimate of drug-likeness (QED) is 0.384. The molecule has 3 heterocycles. The molecule has 2 atom stereocenters. The van der Waals surface area contributed by atoms with E-state index in [0.717, 1.165) is 42.1 Å². The lowest BCUT2D eigenvalue weighted by Gasteiger charge is -2.14. The van der Waals surface area contributed by atoms with E-state index in [2.05, 4.69) is 15.5 Å². The first-order valence-electron chi connectivity index (χ1n) is 10.9. The predicted molar refractivity (Wildman–Crippen MR) is 128 cm³/mol. The van der Waals surface area contributed by atoms with Crippen LogP contribution in [0.5, 0.6) is 0 Å². The molecule has 0 unspecified atom stereocenters. The van der Waals surface area contributed by atoms with E-state index in [1.54, 1.807) is 12.1 Å². The SMILES string of the molecule is C[C@@H]1C(=O)Nc2ccc(C(=O)CSc3nnc(-c4ccc(Cl)cc4)n3C[C@@H]3CCCO3)cc21.